The molecule has 1 N–H and O–H groups in total. The summed E-state index contributed by atoms with van der Waals surface area (Å²) in [6.45, 7) is 2.32. The predicted molar refractivity (Wildman–Crippen MR) is 91.8 cm³/mol. The van der Waals surface area contributed by atoms with Gasteiger partial charge in [0.05, 0.1) is 18.1 Å². The lowest BCUT2D eigenvalue weighted by molar-refractivity contribution is -0.128. The van der Waals surface area contributed by atoms with E-state index in [4.69, 9.17) is 4.74 Å². The van der Waals surface area contributed by atoms with Crippen LogP contribution in [0.2, 0.25) is 0 Å². The molecule has 1 aliphatic heterocycles. The highest BCUT2D eigenvalue weighted by molar-refractivity contribution is 7.91. The van der Waals surface area contributed by atoms with E-state index in [0.29, 0.717) is 19.1 Å². The second-order valence-electron chi connectivity index (χ2n) is 6.71. The number of ether oxygens (including phenoxy) is 1. The van der Waals surface area contributed by atoms with Crippen LogP contribution in [-0.2, 0) is 19.4 Å². The lowest BCUT2D eigenvalue weighted by Crippen LogP contribution is -2.53. The Morgan fingerprint density at radius 3 is 2.77 bits per heavy atom. The summed E-state index contributed by atoms with van der Waals surface area (Å²) in [5.41, 5.74) is 0.172. The Labute approximate surface area is 151 Å². The maximum Gasteiger partial charge on any atom is 0.341 e. The molecule has 1 amide bonds. The Hall–Kier alpha value is -1.58. The summed E-state index contributed by atoms with van der Waals surface area (Å²) >= 11 is 0. The van der Waals surface area contributed by atoms with Crippen molar-refractivity contribution in [3.8, 4) is 0 Å². The fourth-order valence-electron chi connectivity index (χ4n) is 3.18. The molecule has 2 aliphatic rings. The van der Waals surface area contributed by atoms with Crippen LogP contribution in [0.15, 0.2) is 29.2 Å². The van der Waals surface area contributed by atoms with Crippen LogP contribution in [0.5, 0.6) is 0 Å². The second kappa shape index (κ2) is 7.98. The summed E-state index contributed by atoms with van der Waals surface area (Å²) in [6, 6.07) is 4.47. The number of hydrogen-bond acceptors (Lipinski definition) is 5. The van der Waals surface area contributed by atoms with Crippen LogP contribution in [-0.4, -0.2) is 57.3 Å². The number of carbonyl (C=O) groups excluding carboxylic acids is 1. The van der Waals surface area contributed by atoms with Gasteiger partial charge in [0, 0.05) is 18.8 Å². The molecule has 6 nitrogen and oxygen atoms in total. The molecule has 0 radical (unpaired) electrons. The molecule has 0 spiro atoms. The smallest absolute Gasteiger partial charge is 0.341 e. The minimum absolute atomic E-state index is 0.172. The van der Waals surface area contributed by atoms with Crippen LogP contribution in [0.1, 0.15) is 19.3 Å². The van der Waals surface area contributed by atoms with Crippen molar-refractivity contribution in [3.63, 3.8) is 0 Å². The summed E-state index contributed by atoms with van der Waals surface area (Å²) in [6.07, 6.45) is 3.55. The summed E-state index contributed by atoms with van der Waals surface area (Å²) in [5.74, 6) is -3.23. The average Bonchev–Trinajstić information content (AvgIpc) is 2.58. The van der Waals surface area contributed by atoms with Crippen LogP contribution in [0.3, 0.4) is 0 Å². The van der Waals surface area contributed by atoms with Crippen molar-refractivity contribution in [2.75, 3.05) is 31.6 Å². The molecule has 1 saturated heterocycles. The van der Waals surface area contributed by atoms with Crippen molar-refractivity contribution in [1.29, 1.82) is 0 Å². The van der Waals surface area contributed by atoms with Gasteiger partial charge in [-0.1, -0.05) is 12.5 Å². The van der Waals surface area contributed by atoms with Gasteiger partial charge in [0.2, 0.25) is 15.7 Å². The Kier molecular flexibility index (Phi) is 5.89. The van der Waals surface area contributed by atoms with E-state index in [-0.39, 0.29) is 18.2 Å². The van der Waals surface area contributed by atoms with E-state index < -0.39 is 26.5 Å². The zero-order chi connectivity index (χ0) is 18.7. The van der Waals surface area contributed by atoms with E-state index >= 15 is 0 Å². The first-order valence-electron chi connectivity index (χ1n) is 8.62. The van der Waals surface area contributed by atoms with Crippen molar-refractivity contribution < 1.29 is 26.7 Å². The number of halogens is 2. The summed E-state index contributed by atoms with van der Waals surface area (Å²) < 4.78 is 54.0. The molecule has 1 unspecified atom stereocenters. The van der Waals surface area contributed by atoms with Crippen LogP contribution in [0.4, 0.5) is 14.5 Å². The number of rotatable bonds is 6. The minimum Gasteiger partial charge on any atom is -0.378 e. The quantitative estimate of drug-likeness (QED) is 0.808. The number of nitrogens with zero attached hydrogens (tertiary/aromatic N) is 1. The molecule has 0 aromatic heterocycles. The van der Waals surface area contributed by atoms with Gasteiger partial charge in [-0.3, -0.25) is 9.69 Å². The highest BCUT2D eigenvalue weighted by Gasteiger charge is 2.33. The predicted octanol–water partition coefficient (Wildman–Crippen LogP) is 2.12. The molecule has 144 valence electrons. The summed E-state index contributed by atoms with van der Waals surface area (Å²) in [4.78, 5) is 14.2. The van der Waals surface area contributed by atoms with Gasteiger partial charge in [-0.05, 0) is 37.0 Å². The van der Waals surface area contributed by atoms with Gasteiger partial charge in [0.1, 0.15) is 6.04 Å². The van der Waals surface area contributed by atoms with E-state index in [2.05, 4.69) is 10.2 Å². The molecule has 9 heteroatoms. The van der Waals surface area contributed by atoms with Crippen molar-refractivity contribution >= 4 is 21.4 Å². The maximum absolute atomic E-state index is 12.7. The Morgan fingerprint density at radius 2 is 2.12 bits per heavy atom. The fourth-order valence-corrected chi connectivity index (χ4v) is 3.95. The van der Waals surface area contributed by atoms with E-state index in [1.807, 2.05) is 0 Å². The third kappa shape index (κ3) is 4.21. The Balaban J connectivity index is 1.70. The van der Waals surface area contributed by atoms with Crippen molar-refractivity contribution in [1.82, 2.24) is 4.90 Å². The third-order valence-corrected chi connectivity index (χ3v) is 6.30. The highest BCUT2D eigenvalue weighted by atomic mass is 32.2. The van der Waals surface area contributed by atoms with Crippen LogP contribution < -0.4 is 5.32 Å². The first-order valence-corrected chi connectivity index (χ1v) is 10.2. The third-order valence-electron chi connectivity index (χ3n) is 4.92. The number of nitrogens with one attached hydrogen (secondary N) is 1. The molecular weight excluding hydrogens is 366 g/mol. The molecule has 1 aromatic carbocycles. The van der Waals surface area contributed by atoms with Gasteiger partial charge in [-0.2, -0.15) is 8.78 Å². The first-order chi connectivity index (χ1) is 12.4. The number of carbonyl (C=O) groups is 1. The van der Waals surface area contributed by atoms with E-state index in [1.165, 1.54) is 31.4 Å². The number of alkyl halides is 2. The molecule has 3 rings (SSSR count). The summed E-state index contributed by atoms with van der Waals surface area (Å²) in [5, 5.41) is 2.63. The lowest BCUT2D eigenvalue weighted by atomic mass is 9.84. The maximum atomic E-state index is 12.7. The molecule has 1 atom stereocenters. The second-order valence-corrected chi connectivity index (χ2v) is 8.62. The molecule has 0 bridgehead atoms. The van der Waals surface area contributed by atoms with Gasteiger partial charge in [0.25, 0.3) is 0 Å². The molecule has 26 heavy (non-hydrogen) atoms. The molecule has 1 aromatic rings. The number of sulfone groups is 1. The summed E-state index contributed by atoms with van der Waals surface area (Å²) in [7, 11) is -4.70. The molecule has 2 fully saturated rings. The van der Waals surface area contributed by atoms with Gasteiger partial charge >= 0.3 is 5.76 Å². The normalized spacial score (nSPS) is 22.2. The standard InChI is InChI=1S/C17H22F2N2O4S/c18-17(19)26(23,24)14-6-2-5-13(9-14)20-16(22)15-11-25-8-7-21(15)10-12-3-1-4-12/h2,5-6,9,12,15,17H,1,3-4,7-8,10-11H2,(H,20,22). The number of anilines is 1. The van der Waals surface area contributed by atoms with Crippen molar-refractivity contribution in [3.05, 3.63) is 24.3 Å². The van der Waals surface area contributed by atoms with Crippen LogP contribution >= 0.6 is 0 Å². The lowest BCUT2D eigenvalue weighted by Gasteiger charge is -2.39. The SMILES string of the molecule is O=C(Nc1cccc(S(=O)(=O)C(F)F)c1)C1COCCN1CC1CCC1. The van der Waals surface area contributed by atoms with Crippen molar-refractivity contribution in [2.24, 2.45) is 5.92 Å². The average molecular weight is 388 g/mol. The van der Waals surface area contributed by atoms with Crippen LogP contribution in [0, 0.1) is 5.92 Å². The van der Waals surface area contributed by atoms with Crippen molar-refractivity contribution in [2.45, 2.75) is 36.0 Å². The molecule has 1 heterocycles. The first kappa shape index (κ1) is 19.2. The van der Waals surface area contributed by atoms with Gasteiger partial charge < -0.3 is 10.1 Å². The topological polar surface area (TPSA) is 75.7 Å². The van der Waals surface area contributed by atoms with Gasteiger partial charge in [-0.15, -0.1) is 0 Å². The van der Waals surface area contributed by atoms with E-state index in [0.717, 1.165) is 18.7 Å². The Bertz CT molecular complexity index is 753. The van der Waals surface area contributed by atoms with Gasteiger partial charge in [0.15, 0.2) is 0 Å². The van der Waals surface area contributed by atoms with Crippen LogP contribution in [0.25, 0.3) is 0 Å². The molecule has 1 aliphatic carbocycles. The molecular formula is C17H22F2N2O4S. The van der Waals surface area contributed by atoms with Gasteiger partial charge in [-0.25, -0.2) is 8.42 Å². The molecule has 1 saturated carbocycles. The van der Waals surface area contributed by atoms with E-state index in [1.54, 1.807) is 0 Å². The number of benzene rings is 1. The zero-order valence-corrected chi connectivity index (χ0v) is 15.1. The number of morpholine rings is 1. The monoisotopic (exact) mass is 388 g/mol. The van der Waals surface area contributed by atoms with E-state index in [9.17, 15) is 22.0 Å². The Morgan fingerprint density at radius 1 is 1.35 bits per heavy atom. The minimum atomic E-state index is -4.70. The number of hydrogen-bond donors (Lipinski definition) is 1. The highest BCUT2D eigenvalue weighted by Crippen LogP contribution is 2.28. The fraction of sp³-hybridized carbons (Fsp3) is 0.588. The zero-order valence-electron chi connectivity index (χ0n) is 14.2. The number of amides is 1. The largest absolute Gasteiger partial charge is 0.378 e.